The highest BCUT2D eigenvalue weighted by molar-refractivity contribution is 7.35. The van der Waals surface area contributed by atoms with Crippen LogP contribution in [0.5, 0.6) is 0 Å². The standard InChI is InChI=1S/C2H7P.C2H6.CH4/c1-3-2;1-2;/h3H,1-2H3;1-2H3;1H4. The third-order valence-corrected chi connectivity index (χ3v) is 0. The molecule has 0 aliphatic carbocycles. The SMILES string of the molecule is C.CC.CPC. The second kappa shape index (κ2) is 52.1. The van der Waals surface area contributed by atoms with Crippen molar-refractivity contribution in [3.8, 4) is 0 Å². The molecule has 0 aliphatic rings. The van der Waals surface area contributed by atoms with E-state index < -0.39 is 0 Å². The molecule has 0 aromatic heterocycles. The van der Waals surface area contributed by atoms with Crippen LogP contribution < -0.4 is 0 Å². The predicted octanol–water partition coefficient (Wildman–Crippen LogP) is 2.59. The summed E-state index contributed by atoms with van der Waals surface area (Å²) in [6.45, 7) is 8.31. The topological polar surface area (TPSA) is 0 Å². The second-order valence-electron chi connectivity index (χ2n) is 0.500. The zero-order valence-electron chi connectivity index (χ0n) is 4.50. The van der Waals surface area contributed by atoms with Gasteiger partial charge in [-0.05, 0) is 13.3 Å². The van der Waals surface area contributed by atoms with Crippen LogP contribution in [0.3, 0.4) is 0 Å². The molecule has 6 heavy (non-hydrogen) atoms. The van der Waals surface area contributed by atoms with Crippen molar-refractivity contribution >= 4 is 8.58 Å². The molecule has 1 heteroatoms. The number of hydrogen-bond acceptors (Lipinski definition) is 0. The lowest BCUT2D eigenvalue weighted by Gasteiger charge is -1.50. The molecular formula is C5H17P. The van der Waals surface area contributed by atoms with Gasteiger partial charge in [0.15, 0.2) is 0 Å². The molecular weight excluding hydrogens is 91.0 g/mol. The van der Waals surface area contributed by atoms with Crippen LogP contribution in [0.1, 0.15) is 21.3 Å². The van der Waals surface area contributed by atoms with Crippen LogP contribution in [0, 0.1) is 0 Å². The Morgan fingerprint density at radius 1 is 1.00 bits per heavy atom. The summed E-state index contributed by atoms with van der Waals surface area (Å²) in [5.41, 5.74) is 0. The van der Waals surface area contributed by atoms with Crippen LogP contribution in [-0.2, 0) is 0 Å². The molecule has 0 N–H and O–H groups in total. The first-order valence-electron chi connectivity index (χ1n) is 2.00. The second-order valence-corrected chi connectivity index (χ2v) is 1.50. The Morgan fingerprint density at radius 3 is 1.00 bits per heavy atom. The van der Waals surface area contributed by atoms with Crippen LogP contribution in [-0.4, -0.2) is 13.3 Å². The van der Waals surface area contributed by atoms with Gasteiger partial charge in [0, 0.05) is 0 Å². The van der Waals surface area contributed by atoms with E-state index >= 15 is 0 Å². The van der Waals surface area contributed by atoms with E-state index in [-0.39, 0.29) is 7.43 Å². The average Bonchev–Trinajstić information content (AvgIpc) is 1.46. The fraction of sp³-hybridized carbons (Fsp3) is 1.00. The zero-order valence-corrected chi connectivity index (χ0v) is 5.50. The Labute approximate surface area is 44.1 Å². The predicted molar refractivity (Wildman–Crippen MR) is 38.2 cm³/mol. The fourth-order valence-corrected chi connectivity index (χ4v) is 0. The van der Waals surface area contributed by atoms with Gasteiger partial charge in [-0.3, -0.25) is 0 Å². The van der Waals surface area contributed by atoms with Gasteiger partial charge in [0.05, 0.1) is 0 Å². The van der Waals surface area contributed by atoms with E-state index in [2.05, 4.69) is 13.3 Å². The lowest BCUT2D eigenvalue weighted by molar-refractivity contribution is 1.50. The van der Waals surface area contributed by atoms with Crippen molar-refractivity contribution in [2.45, 2.75) is 21.3 Å². The molecule has 0 aromatic carbocycles. The Balaban J connectivity index is -0.0000000275. The molecule has 0 amide bonds. The summed E-state index contributed by atoms with van der Waals surface area (Å²) in [5.74, 6) is 0. The minimum absolute atomic E-state index is 0. The Bertz CT molecular complexity index is 3.90. The summed E-state index contributed by atoms with van der Waals surface area (Å²) in [5, 5.41) is 0. The minimum Gasteiger partial charge on any atom is -0.129 e. The van der Waals surface area contributed by atoms with Gasteiger partial charge in [0.1, 0.15) is 0 Å². The Morgan fingerprint density at radius 2 is 1.00 bits per heavy atom. The highest BCUT2D eigenvalue weighted by atomic mass is 31.1. The average molecular weight is 108 g/mol. The summed E-state index contributed by atoms with van der Waals surface area (Å²) in [4.78, 5) is 0. The molecule has 0 fully saturated rings. The van der Waals surface area contributed by atoms with Crippen molar-refractivity contribution in [1.29, 1.82) is 0 Å². The summed E-state index contributed by atoms with van der Waals surface area (Å²) in [6, 6.07) is 0. The van der Waals surface area contributed by atoms with Gasteiger partial charge in [0.25, 0.3) is 0 Å². The van der Waals surface area contributed by atoms with E-state index in [1.807, 2.05) is 13.8 Å². The van der Waals surface area contributed by atoms with E-state index in [4.69, 9.17) is 0 Å². The van der Waals surface area contributed by atoms with Gasteiger partial charge < -0.3 is 0 Å². The van der Waals surface area contributed by atoms with Gasteiger partial charge in [-0.1, -0.05) is 21.3 Å². The first-order chi connectivity index (χ1) is 2.41. The fourth-order valence-electron chi connectivity index (χ4n) is 0. The first kappa shape index (κ1) is 16.1. The molecule has 0 unspecified atom stereocenters. The van der Waals surface area contributed by atoms with Gasteiger partial charge >= 0.3 is 0 Å². The Hall–Kier alpha value is 0.430. The van der Waals surface area contributed by atoms with Crippen molar-refractivity contribution in [2.24, 2.45) is 0 Å². The molecule has 0 spiro atoms. The van der Waals surface area contributed by atoms with Gasteiger partial charge in [0.2, 0.25) is 0 Å². The maximum Gasteiger partial charge on any atom is -0.0475 e. The summed E-state index contributed by atoms with van der Waals surface area (Å²) >= 11 is 0. The zero-order chi connectivity index (χ0) is 4.71. The molecule has 0 rings (SSSR count). The summed E-state index contributed by atoms with van der Waals surface area (Å²) < 4.78 is 0. The maximum atomic E-state index is 2.15. The molecule has 0 atom stereocenters. The first-order valence-corrected chi connectivity index (χ1v) is 4.00. The molecule has 0 heterocycles. The molecule has 0 saturated heterocycles. The quantitative estimate of drug-likeness (QED) is 0.418. The molecule has 0 bridgehead atoms. The third-order valence-electron chi connectivity index (χ3n) is 0. The molecule has 0 saturated carbocycles. The van der Waals surface area contributed by atoms with Gasteiger partial charge in [-0.2, -0.15) is 0 Å². The van der Waals surface area contributed by atoms with Crippen molar-refractivity contribution in [3.05, 3.63) is 0 Å². The molecule has 42 valence electrons. The number of rotatable bonds is 0. The molecule has 0 aliphatic heterocycles. The van der Waals surface area contributed by atoms with E-state index in [9.17, 15) is 0 Å². The van der Waals surface area contributed by atoms with Crippen LogP contribution in [0.15, 0.2) is 0 Å². The molecule has 0 nitrogen and oxygen atoms in total. The smallest absolute Gasteiger partial charge is 0.0475 e. The van der Waals surface area contributed by atoms with Crippen LogP contribution in [0.4, 0.5) is 0 Å². The largest absolute Gasteiger partial charge is 0.129 e. The highest BCUT2D eigenvalue weighted by Crippen LogP contribution is 1.84. The van der Waals surface area contributed by atoms with Crippen LogP contribution in [0.2, 0.25) is 0 Å². The van der Waals surface area contributed by atoms with Gasteiger partial charge in [-0.15, -0.1) is 8.58 Å². The summed E-state index contributed by atoms with van der Waals surface area (Å²) in [7, 11) is 1.08. The van der Waals surface area contributed by atoms with Crippen molar-refractivity contribution in [2.75, 3.05) is 13.3 Å². The van der Waals surface area contributed by atoms with E-state index in [1.165, 1.54) is 0 Å². The van der Waals surface area contributed by atoms with E-state index in [1.54, 1.807) is 0 Å². The van der Waals surface area contributed by atoms with Crippen molar-refractivity contribution in [3.63, 3.8) is 0 Å². The lowest BCUT2D eigenvalue weighted by atomic mass is 11.0. The van der Waals surface area contributed by atoms with Crippen LogP contribution >= 0.6 is 8.58 Å². The third kappa shape index (κ3) is 282. The number of hydrogen-bond donors (Lipinski definition) is 0. The molecule has 0 radical (unpaired) electrons. The van der Waals surface area contributed by atoms with Crippen molar-refractivity contribution < 1.29 is 0 Å². The highest BCUT2D eigenvalue weighted by Gasteiger charge is 1.33. The maximum absolute atomic E-state index is 2.15. The van der Waals surface area contributed by atoms with Crippen molar-refractivity contribution in [1.82, 2.24) is 0 Å². The van der Waals surface area contributed by atoms with E-state index in [0.717, 1.165) is 8.58 Å². The lowest BCUT2D eigenvalue weighted by Crippen LogP contribution is -1.18. The van der Waals surface area contributed by atoms with Gasteiger partial charge in [-0.25, -0.2) is 0 Å². The Kier molecular flexibility index (Phi) is 140. The van der Waals surface area contributed by atoms with E-state index in [0.29, 0.717) is 0 Å². The summed E-state index contributed by atoms with van der Waals surface area (Å²) in [6.07, 6.45) is 0. The van der Waals surface area contributed by atoms with Crippen LogP contribution in [0.25, 0.3) is 0 Å². The normalized spacial score (nSPS) is 4.00. The monoisotopic (exact) mass is 108 g/mol. The minimum atomic E-state index is 0. The molecule has 0 aromatic rings.